The Kier molecular flexibility index (Phi) is 7.13. The summed E-state index contributed by atoms with van der Waals surface area (Å²) < 4.78 is 122. The van der Waals surface area contributed by atoms with Crippen LogP contribution in [0.15, 0.2) is 24.3 Å². The summed E-state index contributed by atoms with van der Waals surface area (Å²) in [5.41, 5.74) is -5.87. The molecule has 2 aromatic rings. The fraction of sp³-hybridized carbons (Fsp3) is 0.458. The Bertz CT molecular complexity index is 1310. The smallest absolute Gasteiger partial charge is 0.349 e. The molecule has 0 bridgehead atoms. The van der Waals surface area contributed by atoms with E-state index in [4.69, 9.17) is 0 Å². The number of hydrogen-bond donors (Lipinski definition) is 2. The predicted octanol–water partition coefficient (Wildman–Crippen LogP) is 5.61. The number of amides is 1. The summed E-state index contributed by atoms with van der Waals surface area (Å²) in [5.74, 6) is -6.58. The molecule has 3 atom stereocenters. The van der Waals surface area contributed by atoms with Gasteiger partial charge in [0.2, 0.25) is 15.9 Å². The summed E-state index contributed by atoms with van der Waals surface area (Å²) in [5, 5.41) is 2.54. The van der Waals surface area contributed by atoms with Crippen LogP contribution < -0.4 is 10.0 Å². The van der Waals surface area contributed by atoms with Crippen molar-refractivity contribution in [3.05, 3.63) is 64.2 Å². The molecule has 0 saturated heterocycles. The minimum Gasteiger partial charge on any atom is -0.349 e. The third-order valence-electron chi connectivity index (χ3n) is 6.80. The molecule has 37 heavy (non-hydrogen) atoms. The summed E-state index contributed by atoms with van der Waals surface area (Å²) >= 11 is 0. The zero-order chi connectivity index (χ0) is 28.3. The average Bonchev–Trinajstić information content (AvgIpc) is 3.41. The summed E-state index contributed by atoms with van der Waals surface area (Å²) in [4.78, 5) is 12.8. The van der Waals surface area contributed by atoms with Crippen molar-refractivity contribution >= 4 is 21.6 Å². The zero-order valence-electron chi connectivity index (χ0n) is 20.4. The zero-order valence-corrected chi connectivity index (χ0v) is 21.3. The maximum Gasteiger partial charge on any atom is 0.398 e. The fourth-order valence-corrected chi connectivity index (χ4v) is 4.80. The second-order valence-corrected chi connectivity index (χ2v) is 11.8. The van der Waals surface area contributed by atoms with Gasteiger partial charge in [0.15, 0.2) is 11.6 Å². The van der Waals surface area contributed by atoms with Crippen LogP contribution in [0.4, 0.5) is 36.4 Å². The van der Waals surface area contributed by atoms with Crippen molar-refractivity contribution in [2.24, 2.45) is 5.92 Å². The number of nitrogens with one attached hydrogen (secondary N) is 2. The van der Waals surface area contributed by atoms with E-state index < -0.39 is 79.4 Å². The lowest BCUT2D eigenvalue weighted by Gasteiger charge is -2.29. The molecule has 0 heterocycles. The molecule has 0 aromatic heterocycles. The number of halogens is 7. The first-order chi connectivity index (χ1) is 16.7. The van der Waals surface area contributed by atoms with E-state index in [0.717, 1.165) is 30.5 Å². The molecule has 3 rings (SSSR count). The summed E-state index contributed by atoms with van der Waals surface area (Å²) in [6, 6.07) is 2.35. The Balaban J connectivity index is 1.79. The van der Waals surface area contributed by atoms with Gasteiger partial charge in [-0.2, -0.15) is 13.2 Å². The first kappa shape index (κ1) is 28.7. The standard InChI is InChI=1S/C24H25F7N2O3S/c1-11(12-6-17(27)20(18(28)7-12)33-37(5,35)36)32-21(34)14-10-23(14,4)13-8-15(25)19(16(26)9-13)22(2,3)24(29,30)31/h6-9,11,14,33H,10H2,1-5H3,(H,32,34)/t11?,14-,23?/m0/s1. The number of anilines is 1. The van der Waals surface area contributed by atoms with Crippen LogP contribution in [-0.4, -0.2) is 26.8 Å². The van der Waals surface area contributed by atoms with Crippen LogP contribution in [0.2, 0.25) is 0 Å². The van der Waals surface area contributed by atoms with E-state index >= 15 is 0 Å². The number of carbonyl (C=O) groups is 1. The second kappa shape index (κ2) is 9.17. The van der Waals surface area contributed by atoms with Crippen LogP contribution >= 0.6 is 0 Å². The molecule has 0 aliphatic heterocycles. The van der Waals surface area contributed by atoms with Crippen LogP contribution in [0.25, 0.3) is 0 Å². The lowest BCUT2D eigenvalue weighted by molar-refractivity contribution is -0.181. The minimum absolute atomic E-state index is 0.00492. The Morgan fingerprint density at radius 2 is 1.49 bits per heavy atom. The maximum absolute atomic E-state index is 14.7. The highest BCUT2D eigenvalue weighted by atomic mass is 32.2. The molecule has 13 heteroatoms. The third-order valence-corrected chi connectivity index (χ3v) is 7.37. The van der Waals surface area contributed by atoms with E-state index in [2.05, 4.69) is 5.32 Å². The van der Waals surface area contributed by atoms with Gasteiger partial charge >= 0.3 is 6.18 Å². The number of rotatable bonds is 7. The van der Waals surface area contributed by atoms with Crippen LogP contribution in [0, 0.1) is 29.2 Å². The predicted molar refractivity (Wildman–Crippen MR) is 122 cm³/mol. The van der Waals surface area contributed by atoms with Gasteiger partial charge in [0.25, 0.3) is 0 Å². The van der Waals surface area contributed by atoms with Gasteiger partial charge in [-0.15, -0.1) is 0 Å². The fourth-order valence-electron chi connectivity index (χ4n) is 4.23. The molecule has 204 valence electrons. The number of alkyl halides is 3. The molecule has 0 radical (unpaired) electrons. The van der Waals surface area contributed by atoms with Gasteiger partial charge in [0.1, 0.15) is 17.3 Å². The van der Waals surface area contributed by atoms with Gasteiger partial charge < -0.3 is 5.32 Å². The molecule has 2 aromatic carbocycles. The molecule has 1 fully saturated rings. The van der Waals surface area contributed by atoms with Crippen LogP contribution in [-0.2, 0) is 25.6 Å². The molecule has 1 aliphatic rings. The third kappa shape index (κ3) is 5.55. The SMILES string of the molecule is CC(NC(=O)[C@@H]1CC1(C)c1cc(F)c(C(C)(C)C(F)(F)F)c(F)c1)c1cc(F)c(NS(C)(=O)=O)c(F)c1. The lowest BCUT2D eigenvalue weighted by atomic mass is 9.81. The van der Waals surface area contributed by atoms with E-state index in [1.807, 2.05) is 0 Å². The molecule has 0 spiro atoms. The van der Waals surface area contributed by atoms with Crippen LogP contribution in [0.5, 0.6) is 0 Å². The van der Waals surface area contributed by atoms with Crippen LogP contribution in [0.1, 0.15) is 56.8 Å². The van der Waals surface area contributed by atoms with Gasteiger partial charge in [-0.05, 0) is 62.6 Å². The number of hydrogen-bond acceptors (Lipinski definition) is 3. The van der Waals surface area contributed by atoms with Gasteiger partial charge in [0.05, 0.1) is 17.7 Å². The van der Waals surface area contributed by atoms with Crippen molar-refractivity contribution in [2.45, 2.75) is 57.2 Å². The molecular weight excluding hydrogens is 529 g/mol. The number of carbonyl (C=O) groups excluding carboxylic acids is 1. The molecule has 2 unspecified atom stereocenters. The van der Waals surface area contributed by atoms with E-state index in [-0.39, 0.29) is 17.5 Å². The monoisotopic (exact) mass is 554 g/mol. The normalized spacial score (nSPS) is 20.9. The molecular formula is C24H25F7N2O3S. The van der Waals surface area contributed by atoms with Crippen molar-refractivity contribution in [1.29, 1.82) is 0 Å². The van der Waals surface area contributed by atoms with E-state index in [0.29, 0.717) is 13.8 Å². The lowest BCUT2D eigenvalue weighted by Crippen LogP contribution is -2.38. The molecule has 5 nitrogen and oxygen atoms in total. The van der Waals surface area contributed by atoms with Crippen molar-refractivity contribution < 1.29 is 43.9 Å². The summed E-state index contributed by atoms with van der Waals surface area (Å²) in [6.45, 7) is 4.28. The van der Waals surface area contributed by atoms with Gasteiger partial charge in [0, 0.05) is 16.9 Å². The minimum atomic E-state index is -4.91. The number of sulfonamides is 1. The molecule has 1 amide bonds. The Labute approximate surface area is 209 Å². The highest BCUT2D eigenvalue weighted by Crippen LogP contribution is 2.55. The molecule has 1 saturated carbocycles. The number of benzene rings is 2. The quantitative estimate of drug-likeness (QED) is 0.437. The first-order valence-corrected chi connectivity index (χ1v) is 12.9. The van der Waals surface area contributed by atoms with Crippen LogP contribution in [0.3, 0.4) is 0 Å². The van der Waals surface area contributed by atoms with E-state index in [1.54, 1.807) is 4.72 Å². The molecule has 1 aliphatic carbocycles. The summed E-state index contributed by atoms with van der Waals surface area (Å²) in [7, 11) is -3.95. The van der Waals surface area contributed by atoms with Crippen molar-refractivity contribution in [1.82, 2.24) is 5.32 Å². The highest BCUT2D eigenvalue weighted by Gasteiger charge is 2.57. The van der Waals surface area contributed by atoms with Crippen molar-refractivity contribution in [2.75, 3.05) is 11.0 Å². The maximum atomic E-state index is 14.7. The van der Waals surface area contributed by atoms with Gasteiger partial charge in [-0.1, -0.05) is 6.92 Å². The first-order valence-electron chi connectivity index (χ1n) is 11.0. The Hall–Kier alpha value is -2.83. The molecule has 2 N–H and O–H groups in total. The summed E-state index contributed by atoms with van der Waals surface area (Å²) in [6.07, 6.45) is -4.06. The second-order valence-electron chi connectivity index (χ2n) is 10.1. The van der Waals surface area contributed by atoms with E-state index in [1.165, 1.54) is 13.8 Å². The van der Waals surface area contributed by atoms with E-state index in [9.17, 15) is 43.9 Å². The topological polar surface area (TPSA) is 75.3 Å². The largest absolute Gasteiger partial charge is 0.398 e. The van der Waals surface area contributed by atoms with Gasteiger partial charge in [-0.25, -0.2) is 26.0 Å². The van der Waals surface area contributed by atoms with Crippen molar-refractivity contribution in [3.8, 4) is 0 Å². The highest BCUT2D eigenvalue weighted by molar-refractivity contribution is 7.92. The van der Waals surface area contributed by atoms with Gasteiger partial charge in [-0.3, -0.25) is 9.52 Å². The van der Waals surface area contributed by atoms with Crippen molar-refractivity contribution in [3.63, 3.8) is 0 Å². The average molecular weight is 555 g/mol. The Morgan fingerprint density at radius 1 is 1.00 bits per heavy atom. The Morgan fingerprint density at radius 3 is 1.92 bits per heavy atom.